The van der Waals surface area contributed by atoms with Gasteiger partial charge in [0, 0.05) is 41.3 Å². The van der Waals surface area contributed by atoms with E-state index in [9.17, 15) is 4.79 Å². The maximum Gasteiger partial charge on any atom is 0.266 e. The summed E-state index contributed by atoms with van der Waals surface area (Å²) in [6.45, 7) is 2.99. The highest BCUT2D eigenvalue weighted by Crippen LogP contribution is 2.38. The van der Waals surface area contributed by atoms with E-state index in [1.165, 1.54) is 11.3 Å². The van der Waals surface area contributed by atoms with Gasteiger partial charge in [0.25, 0.3) is 5.91 Å². The van der Waals surface area contributed by atoms with E-state index in [4.69, 9.17) is 28.1 Å². The average molecular weight is 568 g/mol. The molecule has 7 heteroatoms. The molecule has 1 saturated carbocycles. The first-order valence-electron chi connectivity index (χ1n) is 13.1. The first-order valence-corrected chi connectivity index (χ1v) is 14.7. The van der Waals surface area contributed by atoms with Gasteiger partial charge in [-0.3, -0.25) is 4.79 Å². The number of ether oxygens (including phenoxy) is 1. The molecule has 1 amide bonds. The SMILES string of the molecule is CCOc1ccc(-c2ccccc2)cc1CN(C(=O)c1sc2ccccc2c1Cl)[C@H]1CC[C@H](N(C)Cl)CC1. The summed E-state index contributed by atoms with van der Waals surface area (Å²) >= 11 is 14.6. The van der Waals surface area contributed by atoms with E-state index in [-0.39, 0.29) is 11.9 Å². The summed E-state index contributed by atoms with van der Waals surface area (Å²) in [5.74, 6) is 0.785. The summed E-state index contributed by atoms with van der Waals surface area (Å²) in [5.41, 5.74) is 3.23. The van der Waals surface area contributed by atoms with Crippen molar-refractivity contribution >= 4 is 50.7 Å². The van der Waals surface area contributed by atoms with Crippen molar-refractivity contribution in [3.05, 3.63) is 88.3 Å². The van der Waals surface area contributed by atoms with Crippen LogP contribution in [-0.4, -0.2) is 41.0 Å². The Morgan fingerprint density at radius 1 is 0.947 bits per heavy atom. The Hall–Kier alpha value is -2.57. The Kier molecular flexibility index (Phi) is 8.59. The van der Waals surface area contributed by atoms with Gasteiger partial charge in [0.1, 0.15) is 10.6 Å². The van der Waals surface area contributed by atoms with Crippen LogP contribution in [0.1, 0.15) is 47.8 Å². The molecule has 0 radical (unpaired) electrons. The molecule has 1 aliphatic rings. The topological polar surface area (TPSA) is 32.8 Å². The van der Waals surface area contributed by atoms with Gasteiger partial charge in [0.05, 0.1) is 11.6 Å². The summed E-state index contributed by atoms with van der Waals surface area (Å²) in [4.78, 5) is 16.9. The predicted molar refractivity (Wildman–Crippen MR) is 159 cm³/mol. The minimum atomic E-state index is -0.0218. The number of hydrogen-bond acceptors (Lipinski definition) is 4. The fourth-order valence-corrected chi connectivity index (χ4v) is 7.03. The molecule has 4 aromatic rings. The van der Waals surface area contributed by atoms with Crippen molar-refractivity contribution < 1.29 is 9.53 Å². The summed E-state index contributed by atoms with van der Waals surface area (Å²) in [7, 11) is 1.91. The van der Waals surface area contributed by atoms with Crippen LogP contribution in [0.25, 0.3) is 21.2 Å². The molecule has 1 heterocycles. The highest BCUT2D eigenvalue weighted by atomic mass is 35.5. The Labute approximate surface area is 238 Å². The number of hydrogen-bond donors (Lipinski definition) is 0. The van der Waals surface area contributed by atoms with Crippen molar-refractivity contribution in [3.8, 4) is 16.9 Å². The minimum Gasteiger partial charge on any atom is -0.494 e. The van der Waals surface area contributed by atoms with Crippen LogP contribution in [-0.2, 0) is 6.54 Å². The summed E-state index contributed by atoms with van der Waals surface area (Å²) in [5, 5.41) is 1.47. The monoisotopic (exact) mass is 566 g/mol. The quantitative estimate of drug-likeness (QED) is 0.200. The molecule has 1 fully saturated rings. The van der Waals surface area contributed by atoms with Crippen LogP contribution in [0, 0.1) is 0 Å². The van der Waals surface area contributed by atoms with Gasteiger partial charge >= 0.3 is 0 Å². The maximum atomic E-state index is 14.3. The zero-order chi connectivity index (χ0) is 26.6. The van der Waals surface area contributed by atoms with Crippen LogP contribution in [0.2, 0.25) is 5.02 Å². The lowest BCUT2D eigenvalue weighted by atomic mass is 9.89. The molecule has 198 valence electrons. The predicted octanol–water partition coefficient (Wildman–Crippen LogP) is 8.66. The van der Waals surface area contributed by atoms with Crippen LogP contribution in [0.4, 0.5) is 0 Å². The van der Waals surface area contributed by atoms with Gasteiger partial charge in [-0.15, -0.1) is 11.3 Å². The Bertz CT molecular complexity index is 1400. The molecule has 0 spiro atoms. The molecule has 0 atom stereocenters. The molecule has 0 unspecified atom stereocenters. The van der Waals surface area contributed by atoms with Gasteiger partial charge in [0.2, 0.25) is 0 Å². The molecule has 0 saturated heterocycles. The highest BCUT2D eigenvalue weighted by molar-refractivity contribution is 7.21. The number of carbonyl (C=O) groups is 1. The zero-order valence-corrected chi connectivity index (χ0v) is 24.0. The largest absolute Gasteiger partial charge is 0.494 e. The van der Waals surface area contributed by atoms with Crippen LogP contribution >= 0.6 is 34.7 Å². The first-order chi connectivity index (χ1) is 18.5. The van der Waals surface area contributed by atoms with E-state index >= 15 is 0 Å². The van der Waals surface area contributed by atoms with Crippen molar-refractivity contribution in [3.63, 3.8) is 0 Å². The van der Waals surface area contributed by atoms with Crippen LogP contribution < -0.4 is 4.74 Å². The maximum absolute atomic E-state index is 14.3. The smallest absolute Gasteiger partial charge is 0.266 e. The molecule has 5 rings (SSSR count). The molecule has 0 N–H and O–H groups in total. The zero-order valence-electron chi connectivity index (χ0n) is 21.7. The summed E-state index contributed by atoms with van der Waals surface area (Å²) < 4.78 is 8.84. The lowest BCUT2D eigenvalue weighted by Gasteiger charge is -2.38. The van der Waals surface area contributed by atoms with E-state index in [1.54, 1.807) is 4.42 Å². The minimum absolute atomic E-state index is 0.0218. The van der Waals surface area contributed by atoms with Crippen molar-refractivity contribution in [2.24, 2.45) is 0 Å². The Morgan fingerprint density at radius 2 is 1.63 bits per heavy atom. The van der Waals surface area contributed by atoms with Crippen molar-refractivity contribution in [2.45, 2.75) is 51.2 Å². The molecule has 1 aliphatic carbocycles. The number of carbonyl (C=O) groups excluding carboxylic acids is 1. The van der Waals surface area contributed by atoms with E-state index in [0.717, 1.165) is 58.2 Å². The molecule has 1 aromatic heterocycles. The molecular formula is C31H32Cl2N2O2S. The van der Waals surface area contributed by atoms with Crippen LogP contribution in [0.15, 0.2) is 72.8 Å². The highest BCUT2D eigenvalue weighted by Gasteiger charge is 2.33. The van der Waals surface area contributed by atoms with E-state index < -0.39 is 0 Å². The number of fused-ring (bicyclic) bond motifs is 1. The third kappa shape index (κ3) is 5.72. The van der Waals surface area contributed by atoms with Crippen molar-refractivity contribution in [1.29, 1.82) is 0 Å². The molecule has 38 heavy (non-hydrogen) atoms. The van der Waals surface area contributed by atoms with E-state index in [1.807, 2.05) is 67.4 Å². The third-order valence-corrected chi connectivity index (χ3v) is 9.35. The fraction of sp³-hybridized carbons (Fsp3) is 0.323. The number of nitrogens with zero attached hydrogens (tertiary/aromatic N) is 2. The fourth-order valence-electron chi connectivity index (χ4n) is 5.37. The first kappa shape index (κ1) is 27.0. The second-order valence-electron chi connectivity index (χ2n) is 9.78. The van der Waals surface area contributed by atoms with E-state index in [0.29, 0.717) is 29.1 Å². The second-order valence-corrected chi connectivity index (χ2v) is 11.7. The van der Waals surface area contributed by atoms with Gasteiger partial charge < -0.3 is 9.64 Å². The van der Waals surface area contributed by atoms with Crippen LogP contribution in [0.3, 0.4) is 0 Å². The molecule has 4 nitrogen and oxygen atoms in total. The number of amides is 1. The van der Waals surface area contributed by atoms with Gasteiger partial charge in [-0.2, -0.15) is 0 Å². The Balaban J connectivity index is 1.53. The van der Waals surface area contributed by atoms with Gasteiger partial charge in [0.15, 0.2) is 0 Å². The Morgan fingerprint density at radius 3 is 2.32 bits per heavy atom. The average Bonchev–Trinajstić information content (AvgIpc) is 3.29. The molecule has 3 aromatic carbocycles. The number of rotatable bonds is 8. The lowest BCUT2D eigenvalue weighted by Crippen LogP contribution is -2.44. The van der Waals surface area contributed by atoms with Crippen molar-refractivity contribution in [2.75, 3.05) is 13.7 Å². The standard InChI is InChI=1S/C31H32Cl2N2O2S/c1-3-37-27-18-13-22(21-9-5-4-6-10-21)19-23(27)20-35(25-16-14-24(15-17-25)34(2)33)31(36)30-29(32)26-11-7-8-12-28(26)38-30/h4-13,18-19,24-25H,3,14-17,20H2,1-2H3/t24-,25-. The van der Waals surface area contributed by atoms with E-state index in [2.05, 4.69) is 24.3 Å². The van der Waals surface area contributed by atoms with Gasteiger partial charge in [-0.05, 0) is 73.7 Å². The van der Waals surface area contributed by atoms with Crippen molar-refractivity contribution in [1.82, 2.24) is 9.32 Å². The summed E-state index contributed by atoms with van der Waals surface area (Å²) in [6, 6.07) is 24.9. The summed E-state index contributed by atoms with van der Waals surface area (Å²) in [6.07, 6.45) is 3.66. The number of thiophene rings is 1. The lowest BCUT2D eigenvalue weighted by molar-refractivity contribution is 0.0589. The molecule has 0 bridgehead atoms. The third-order valence-electron chi connectivity index (χ3n) is 7.41. The number of benzene rings is 3. The van der Waals surface area contributed by atoms with Gasteiger partial charge in [-0.1, -0.05) is 66.2 Å². The van der Waals surface area contributed by atoms with Gasteiger partial charge in [-0.25, -0.2) is 4.42 Å². The van der Waals surface area contributed by atoms with Crippen LogP contribution in [0.5, 0.6) is 5.75 Å². The number of halogens is 2. The molecule has 0 aliphatic heterocycles. The normalized spacial score (nSPS) is 17.6. The second kappa shape index (κ2) is 12.1. The molecular weight excluding hydrogens is 535 g/mol.